The van der Waals surface area contributed by atoms with Crippen molar-refractivity contribution < 1.29 is 14.3 Å². The fourth-order valence-corrected chi connectivity index (χ4v) is 2.37. The second kappa shape index (κ2) is 5.35. The molecule has 0 atom stereocenters. The number of ether oxygens (including phenoxy) is 1. The summed E-state index contributed by atoms with van der Waals surface area (Å²) in [6, 6.07) is -0.637. The first-order chi connectivity index (χ1) is 8.18. The Hall–Kier alpha value is -1.30. The molecule has 0 aromatic rings. The van der Waals surface area contributed by atoms with Gasteiger partial charge in [0.2, 0.25) is 5.91 Å². The summed E-state index contributed by atoms with van der Waals surface area (Å²) >= 11 is 0. The molecule has 2 aliphatic rings. The Morgan fingerprint density at radius 2 is 1.59 bits per heavy atom. The number of nitrogens with one attached hydrogen (secondary N) is 1. The van der Waals surface area contributed by atoms with Crippen molar-refractivity contribution >= 4 is 11.9 Å². The van der Waals surface area contributed by atoms with Crippen molar-refractivity contribution in [2.45, 2.75) is 12.8 Å². The van der Waals surface area contributed by atoms with Crippen molar-refractivity contribution in [2.75, 3.05) is 39.4 Å². The Bertz CT molecular complexity index is 294. The standard InChI is InChI=1S/C11H18N3O3/c12-11(16)14-3-1-9(2-4-14)10(15)13-5-7-17-8-6-13/h9,12H,1-8H2. The molecule has 1 N–H and O–H groups in total. The fraction of sp³-hybridized carbons (Fsp3) is 0.818. The van der Waals surface area contributed by atoms with Gasteiger partial charge >= 0.3 is 6.03 Å². The van der Waals surface area contributed by atoms with Crippen LogP contribution in [0.2, 0.25) is 0 Å². The number of rotatable bonds is 1. The second-order valence-corrected chi connectivity index (χ2v) is 4.50. The average Bonchev–Trinajstić information content (AvgIpc) is 2.39. The number of hydrogen-bond acceptors (Lipinski definition) is 3. The van der Waals surface area contributed by atoms with Crippen molar-refractivity contribution in [1.82, 2.24) is 15.5 Å². The van der Waals surface area contributed by atoms with Crippen LogP contribution in [-0.2, 0) is 9.53 Å². The predicted molar refractivity (Wildman–Crippen MR) is 60.2 cm³/mol. The minimum Gasteiger partial charge on any atom is -0.378 e. The van der Waals surface area contributed by atoms with Crippen LogP contribution < -0.4 is 5.73 Å². The summed E-state index contributed by atoms with van der Waals surface area (Å²) in [5, 5.41) is 0. The quantitative estimate of drug-likeness (QED) is 0.645. The lowest BCUT2D eigenvalue weighted by molar-refractivity contribution is -0.141. The van der Waals surface area contributed by atoms with Crippen molar-refractivity contribution in [3.05, 3.63) is 0 Å². The van der Waals surface area contributed by atoms with Gasteiger partial charge in [0, 0.05) is 32.1 Å². The Balaban J connectivity index is 1.83. The van der Waals surface area contributed by atoms with Gasteiger partial charge in [-0.25, -0.2) is 10.5 Å². The van der Waals surface area contributed by atoms with E-state index in [1.165, 1.54) is 4.90 Å². The molecule has 2 fully saturated rings. The van der Waals surface area contributed by atoms with Crippen LogP contribution in [-0.4, -0.2) is 61.1 Å². The predicted octanol–water partition coefficient (Wildman–Crippen LogP) is -0.0399. The van der Waals surface area contributed by atoms with Gasteiger partial charge < -0.3 is 14.5 Å². The Kier molecular flexibility index (Phi) is 3.83. The summed E-state index contributed by atoms with van der Waals surface area (Å²) in [6.45, 7) is 3.66. The highest BCUT2D eigenvalue weighted by molar-refractivity contribution is 5.79. The lowest BCUT2D eigenvalue weighted by Gasteiger charge is -2.34. The Morgan fingerprint density at radius 3 is 2.12 bits per heavy atom. The summed E-state index contributed by atoms with van der Waals surface area (Å²) in [4.78, 5) is 26.4. The summed E-state index contributed by atoms with van der Waals surface area (Å²) in [7, 11) is 0. The number of carbonyl (C=O) groups is 2. The van der Waals surface area contributed by atoms with Crippen molar-refractivity contribution in [2.24, 2.45) is 5.92 Å². The molecule has 2 aliphatic heterocycles. The van der Waals surface area contributed by atoms with Gasteiger partial charge in [0.25, 0.3) is 0 Å². The normalized spacial score (nSPS) is 22.6. The van der Waals surface area contributed by atoms with Crippen LogP contribution in [0, 0.1) is 5.92 Å². The van der Waals surface area contributed by atoms with Crippen LogP contribution in [0.3, 0.4) is 0 Å². The minimum absolute atomic E-state index is 0.0173. The topological polar surface area (TPSA) is 73.7 Å². The number of nitrogens with zero attached hydrogens (tertiary/aromatic N) is 2. The molecule has 2 heterocycles. The summed E-state index contributed by atoms with van der Waals surface area (Å²) in [5.41, 5.74) is 7.02. The fourth-order valence-electron chi connectivity index (χ4n) is 2.37. The molecule has 17 heavy (non-hydrogen) atoms. The molecule has 95 valence electrons. The zero-order chi connectivity index (χ0) is 12.3. The molecule has 0 aromatic heterocycles. The van der Waals surface area contributed by atoms with Crippen molar-refractivity contribution in [3.63, 3.8) is 0 Å². The van der Waals surface area contributed by atoms with E-state index in [4.69, 9.17) is 10.5 Å². The van der Waals surface area contributed by atoms with Crippen LogP contribution in [0.25, 0.3) is 0 Å². The van der Waals surface area contributed by atoms with Gasteiger partial charge in [-0.2, -0.15) is 0 Å². The van der Waals surface area contributed by atoms with Gasteiger partial charge in [0.1, 0.15) is 0 Å². The first-order valence-corrected chi connectivity index (χ1v) is 6.05. The maximum absolute atomic E-state index is 12.1. The molecule has 0 aliphatic carbocycles. The number of hydrogen-bond donors (Lipinski definition) is 0. The molecular weight excluding hydrogens is 222 g/mol. The van der Waals surface area contributed by atoms with Crippen LogP contribution in [0.4, 0.5) is 4.79 Å². The zero-order valence-electron chi connectivity index (χ0n) is 9.85. The van der Waals surface area contributed by atoms with Gasteiger partial charge in [-0.05, 0) is 12.8 Å². The summed E-state index contributed by atoms with van der Waals surface area (Å²) < 4.78 is 5.21. The van der Waals surface area contributed by atoms with Gasteiger partial charge in [0.15, 0.2) is 0 Å². The van der Waals surface area contributed by atoms with E-state index in [9.17, 15) is 9.59 Å². The molecule has 2 saturated heterocycles. The van der Waals surface area contributed by atoms with Gasteiger partial charge in [-0.1, -0.05) is 0 Å². The van der Waals surface area contributed by atoms with Crippen LogP contribution in [0.1, 0.15) is 12.8 Å². The molecule has 1 radical (unpaired) electrons. The number of piperidine rings is 1. The maximum atomic E-state index is 12.1. The molecule has 3 amide bonds. The van der Waals surface area contributed by atoms with E-state index in [0.29, 0.717) is 52.2 Å². The van der Waals surface area contributed by atoms with E-state index in [1.54, 1.807) is 0 Å². The lowest BCUT2D eigenvalue weighted by Crippen LogP contribution is -2.47. The average molecular weight is 240 g/mol. The molecule has 0 bridgehead atoms. The monoisotopic (exact) mass is 240 g/mol. The third kappa shape index (κ3) is 2.88. The van der Waals surface area contributed by atoms with Crippen LogP contribution in [0.15, 0.2) is 0 Å². The Labute approximate surface area is 101 Å². The SMILES string of the molecule is [NH]C(=O)N1CCC(C(=O)N2CCOCC2)CC1. The van der Waals surface area contributed by atoms with E-state index < -0.39 is 6.03 Å². The van der Waals surface area contributed by atoms with Gasteiger partial charge in [0.05, 0.1) is 13.2 Å². The van der Waals surface area contributed by atoms with E-state index in [0.717, 1.165) is 0 Å². The number of carbonyl (C=O) groups excluding carboxylic acids is 2. The molecule has 2 rings (SSSR count). The Morgan fingerprint density at radius 1 is 1.00 bits per heavy atom. The maximum Gasteiger partial charge on any atom is 0.336 e. The zero-order valence-corrected chi connectivity index (χ0v) is 9.85. The van der Waals surface area contributed by atoms with E-state index >= 15 is 0 Å². The van der Waals surface area contributed by atoms with Crippen molar-refractivity contribution in [3.8, 4) is 0 Å². The minimum atomic E-state index is -0.637. The van der Waals surface area contributed by atoms with E-state index in [2.05, 4.69) is 0 Å². The number of amides is 3. The van der Waals surface area contributed by atoms with Gasteiger partial charge in [-0.3, -0.25) is 4.79 Å². The molecule has 0 unspecified atom stereocenters. The molecular formula is C11H18N3O3. The smallest absolute Gasteiger partial charge is 0.336 e. The molecule has 0 spiro atoms. The summed E-state index contributed by atoms with van der Waals surface area (Å²) in [5.74, 6) is 0.203. The van der Waals surface area contributed by atoms with Crippen LogP contribution >= 0.6 is 0 Å². The highest BCUT2D eigenvalue weighted by Crippen LogP contribution is 2.20. The molecule has 6 nitrogen and oxygen atoms in total. The summed E-state index contributed by atoms with van der Waals surface area (Å²) in [6.07, 6.45) is 1.36. The third-order valence-electron chi connectivity index (χ3n) is 3.45. The van der Waals surface area contributed by atoms with Crippen molar-refractivity contribution in [1.29, 1.82) is 0 Å². The highest BCUT2D eigenvalue weighted by atomic mass is 16.5. The largest absolute Gasteiger partial charge is 0.378 e. The second-order valence-electron chi connectivity index (χ2n) is 4.50. The number of urea groups is 1. The van der Waals surface area contributed by atoms with E-state index in [1.807, 2.05) is 4.90 Å². The first-order valence-electron chi connectivity index (χ1n) is 6.05. The van der Waals surface area contributed by atoms with Gasteiger partial charge in [-0.15, -0.1) is 0 Å². The van der Waals surface area contributed by atoms with E-state index in [-0.39, 0.29) is 11.8 Å². The molecule has 0 saturated carbocycles. The van der Waals surface area contributed by atoms with Crippen LogP contribution in [0.5, 0.6) is 0 Å². The lowest BCUT2D eigenvalue weighted by atomic mass is 9.95. The first kappa shape index (κ1) is 12.2. The number of likely N-dealkylation sites (tertiary alicyclic amines) is 1. The molecule has 6 heteroatoms. The highest BCUT2D eigenvalue weighted by Gasteiger charge is 2.30. The number of morpholine rings is 1. The molecule has 0 aromatic carbocycles. The third-order valence-corrected chi connectivity index (χ3v) is 3.45.